The molecule has 0 aliphatic carbocycles. The van der Waals surface area contributed by atoms with Gasteiger partial charge in [0.1, 0.15) is 0 Å². The lowest BCUT2D eigenvalue weighted by Gasteiger charge is -2.59. The van der Waals surface area contributed by atoms with Gasteiger partial charge in [-0.05, 0) is 131 Å². The largest absolute Gasteiger partial charge is 0.480 e. The number of hydrogen-bond acceptors (Lipinski definition) is 4. The zero-order chi connectivity index (χ0) is 28.9. The van der Waals surface area contributed by atoms with E-state index in [1.54, 1.807) is 0 Å². The molecule has 0 aromatic heterocycles. The Balaban J connectivity index is 2.14. The monoisotopic (exact) mass is 528 g/mol. The van der Waals surface area contributed by atoms with Crippen molar-refractivity contribution in [2.45, 2.75) is 116 Å². The standard InChI is InChI=1S/C32H52N2O4/c1-28(2)17-23(18-29(3,4)33(28)9)25(24-19-30(5,6)34(10)31(7,8)20-24)21-32(26(35)36,27(37)38)16-22-14-12-11-13-15-22/h11-15,23-25H,16-21H2,1-10H3,(H,35,36)(H,37,38). The van der Waals surface area contributed by atoms with Crippen molar-refractivity contribution >= 4 is 11.9 Å². The minimum atomic E-state index is -1.87. The van der Waals surface area contributed by atoms with Crippen molar-refractivity contribution in [1.29, 1.82) is 0 Å². The van der Waals surface area contributed by atoms with Gasteiger partial charge in [0.05, 0.1) is 0 Å². The summed E-state index contributed by atoms with van der Waals surface area (Å²) in [6.45, 7) is 18.2. The van der Waals surface area contributed by atoms with E-state index in [4.69, 9.17) is 0 Å². The molecule has 1 aromatic rings. The van der Waals surface area contributed by atoms with Gasteiger partial charge in [0.15, 0.2) is 5.41 Å². The Morgan fingerprint density at radius 1 is 0.763 bits per heavy atom. The van der Waals surface area contributed by atoms with E-state index in [-0.39, 0.29) is 52.8 Å². The Kier molecular flexibility index (Phi) is 8.25. The van der Waals surface area contributed by atoms with Crippen LogP contribution in [0.5, 0.6) is 0 Å². The van der Waals surface area contributed by atoms with Crippen LogP contribution in [0.25, 0.3) is 0 Å². The Morgan fingerprint density at radius 2 is 1.11 bits per heavy atom. The molecule has 6 nitrogen and oxygen atoms in total. The molecule has 38 heavy (non-hydrogen) atoms. The van der Waals surface area contributed by atoms with Crippen molar-refractivity contribution in [2.75, 3.05) is 14.1 Å². The van der Waals surface area contributed by atoms with Crippen LogP contribution in [0.15, 0.2) is 30.3 Å². The fourth-order valence-electron chi connectivity index (χ4n) is 8.06. The van der Waals surface area contributed by atoms with Gasteiger partial charge in [0, 0.05) is 22.2 Å². The van der Waals surface area contributed by atoms with E-state index in [1.807, 2.05) is 30.3 Å². The minimum Gasteiger partial charge on any atom is -0.480 e. The zero-order valence-electron chi connectivity index (χ0n) is 25.5. The Hall–Kier alpha value is -1.92. The molecule has 2 aliphatic rings. The summed E-state index contributed by atoms with van der Waals surface area (Å²) in [5.41, 5.74) is -1.41. The maximum Gasteiger partial charge on any atom is 0.321 e. The van der Waals surface area contributed by atoms with Crippen LogP contribution in [0.1, 0.15) is 93.1 Å². The third kappa shape index (κ3) is 5.82. The molecule has 3 rings (SSSR count). The molecule has 0 spiro atoms. The van der Waals surface area contributed by atoms with Gasteiger partial charge < -0.3 is 10.2 Å². The van der Waals surface area contributed by atoms with Crippen LogP contribution >= 0.6 is 0 Å². The average molecular weight is 529 g/mol. The van der Waals surface area contributed by atoms with Crippen molar-refractivity contribution in [3.8, 4) is 0 Å². The first-order valence-corrected chi connectivity index (χ1v) is 14.2. The van der Waals surface area contributed by atoms with Crippen LogP contribution in [-0.4, -0.2) is 68.2 Å². The molecule has 1 aromatic carbocycles. The molecule has 0 bridgehead atoms. The maximum absolute atomic E-state index is 13.0. The van der Waals surface area contributed by atoms with Gasteiger partial charge in [-0.15, -0.1) is 0 Å². The number of hydrogen-bond donors (Lipinski definition) is 2. The van der Waals surface area contributed by atoms with Crippen LogP contribution in [0.3, 0.4) is 0 Å². The third-order valence-corrected chi connectivity index (χ3v) is 10.6. The van der Waals surface area contributed by atoms with Gasteiger partial charge in [-0.25, -0.2) is 0 Å². The first kappa shape index (κ1) is 30.6. The molecular weight excluding hydrogens is 476 g/mol. The van der Waals surface area contributed by atoms with Crippen LogP contribution in [-0.2, 0) is 16.0 Å². The summed E-state index contributed by atoms with van der Waals surface area (Å²) in [6.07, 6.45) is 3.83. The number of carbonyl (C=O) groups is 2. The highest BCUT2D eigenvalue weighted by molar-refractivity contribution is 5.98. The fraction of sp³-hybridized carbons (Fsp3) is 0.750. The summed E-state index contributed by atoms with van der Waals surface area (Å²) in [5.74, 6) is -2.02. The highest BCUT2D eigenvalue weighted by Crippen LogP contribution is 2.53. The lowest BCUT2D eigenvalue weighted by atomic mass is 9.57. The van der Waals surface area contributed by atoms with Gasteiger partial charge in [0.25, 0.3) is 0 Å². The number of benzene rings is 1. The van der Waals surface area contributed by atoms with Gasteiger partial charge in [-0.2, -0.15) is 0 Å². The molecule has 2 aliphatic heterocycles. The van der Waals surface area contributed by atoms with Crippen LogP contribution in [0, 0.1) is 23.2 Å². The quantitative estimate of drug-likeness (QED) is 0.392. The molecule has 6 heteroatoms. The van der Waals surface area contributed by atoms with Crippen molar-refractivity contribution in [3.05, 3.63) is 35.9 Å². The summed E-state index contributed by atoms with van der Waals surface area (Å²) >= 11 is 0. The van der Waals surface area contributed by atoms with Gasteiger partial charge in [0.2, 0.25) is 0 Å². The maximum atomic E-state index is 13.0. The number of aliphatic carboxylic acids is 2. The highest BCUT2D eigenvalue weighted by Gasteiger charge is 2.55. The molecular formula is C32H52N2O4. The van der Waals surface area contributed by atoms with E-state index < -0.39 is 17.4 Å². The minimum absolute atomic E-state index is 0.00613. The normalized spacial score (nSPS) is 24.4. The Bertz CT molecular complexity index is 922. The lowest BCUT2D eigenvalue weighted by molar-refractivity contribution is -0.168. The van der Waals surface area contributed by atoms with Gasteiger partial charge in [-0.3, -0.25) is 19.4 Å². The highest BCUT2D eigenvalue weighted by atomic mass is 16.4. The molecule has 0 unspecified atom stereocenters. The predicted octanol–water partition coefficient (Wildman–Crippen LogP) is 6.19. The summed E-state index contributed by atoms with van der Waals surface area (Å²) in [7, 11) is 4.36. The molecule has 2 saturated heterocycles. The summed E-state index contributed by atoms with van der Waals surface area (Å²) < 4.78 is 0. The third-order valence-electron chi connectivity index (χ3n) is 10.6. The second-order valence-corrected chi connectivity index (χ2v) is 14.9. The van der Waals surface area contributed by atoms with E-state index in [1.165, 1.54) is 0 Å². The molecule has 2 heterocycles. The van der Waals surface area contributed by atoms with E-state index in [0.29, 0.717) is 0 Å². The van der Waals surface area contributed by atoms with Crippen molar-refractivity contribution in [2.24, 2.45) is 23.2 Å². The van der Waals surface area contributed by atoms with Crippen molar-refractivity contribution < 1.29 is 19.8 Å². The summed E-state index contributed by atoms with van der Waals surface area (Å²) in [5, 5.41) is 21.2. The number of carboxylic acid groups (broad SMARTS) is 2. The number of nitrogens with zero attached hydrogens (tertiary/aromatic N) is 2. The Labute approximate surface area is 230 Å². The number of likely N-dealkylation sites (tertiary alicyclic amines) is 2. The second-order valence-electron chi connectivity index (χ2n) is 14.9. The molecule has 0 amide bonds. The first-order chi connectivity index (χ1) is 17.3. The van der Waals surface area contributed by atoms with Gasteiger partial charge in [-0.1, -0.05) is 30.3 Å². The smallest absolute Gasteiger partial charge is 0.321 e. The van der Waals surface area contributed by atoms with Crippen LogP contribution < -0.4 is 0 Å². The average Bonchev–Trinajstić information content (AvgIpc) is 2.78. The van der Waals surface area contributed by atoms with E-state index in [0.717, 1.165) is 31.2 Å². The first-order valence-electron chi connectivity index (χ1n) is 14.2. The van der Waals surface area contributed by atoms with Gasteiger partial charge >= 0.3 is 11.9 Å². The Morgan fingerprint density at radius 3 is 1.42 bits per heavy atom. The number of piperidine rings is 2. The molecule has 0 saturated carbocycles. The van der Waals surface area contributed by atoms with E-state index in [2.05, 4.69) is 79.3 Å². The summed E-state index contributed by atoms with van der Waals surface area (Å²) in [4.78, 5) is 30.9. The molecule has 214 valence electrons. The van der Waals surface area contributed by atoms with Crippen molar-refractivity contribution in [1.82, 2.24) is 9.80 Å². The number of carboxylic acids is 2. The molecule has 2 N–H and O–H groups in total. The molecule has 0 atom stereocenters. The van der Waals surface area contributed by atoms with Crippen LogP contribution in [0.4, 0.5) is 0 Å². The topological polar surface area (TPSA) is 81.1 Å². The second kappa shape index (κ2) is 10.2. The molecule has 0 radical (unpaired) electrons. The van der Waals surface area contributed by atoms with Crippen molar-refractivity contribution in [3.63, 3.8) is 0 Å². The predicted molar refractivity (Wildman–Crippen MR) is 153 cm³/mol. The summed E-state index contributed by atoms with van der Waals surface area (Å²) in [6, 6.07) is 9.27. The van der Waals surface area contributed by atoms with E-state index >= 15 is 0 Å². The lowest BCUT2D eigenvalue weighted by Crippen LogP contribution is -2.62. The number of rotatable bonds is 8. The fourth-order valence-corrected chi connectivity index (χ4v) is 8.06. The zero-order valence-corrected chi connectivity index (χ0v) is 25.5. The molecule has 2 fully saturated rings. The SMILES string of the molecule is CN1C(C)(C)CC(C(CC(Cc2ccccc2)(C(=O)O)C(=O)O)C2CC(C)(C)N(C)C(C)(C)C2)CC1(C)C. The van der Waals surface area contributed by atoms with Crippen LogP contribution in [0.2, 0.25) is 0 Å². The van der Waals surface area contributed by atoms with E-state index in [9.17, 15) is 19.8 Å².